The van der Waals surface area contributed by atoms with E-state index in [1.54, 1.807) is 61.7 Å². The SMILES string of the molecule is CC[C@@H](C)NC(=O)[C@H](CC)N(Cc1ccc(OC)cc1)C(=O)CN(c1ccccc1OC)S(=O)(=O)c1ccccc1. The molecule has 2 atom stereocenters. The fourth-order valence-corrected chi connectivity index (χ4v) is 5.80. The van der Waals surface area contributed by atoms with Gasteiger partial charge < -0.3 is 19.7 Å². The lowest BCUT2D eigenvalue weighted by atomic mass is 10.1. The predicted molar refractivity (Wildman–Crippen MR) is 159 cm³/mol. The second-order valence-corrected chi connectivity index (χ2v) is 11.5. The zero-order valence-corrected chi connectivity index (χ0v) is 25.1. The van der Waals surface area contributed by atoms with Gasteiger partial charge in [-0.2, -0.15) is 0 Å². The summed E-state index contributed by atoms with van der Waals surface area (Å²) in [6.07, 6.45) is 1.07. The molecular formula is C31H39N3O6S. The Morgan fingerprint density at radius 3 is 2.07 bits per heavy atom. The van der Waals surface area contributed by atoms with E-state index in [9.17, 15) is 18.0 Å². The number of nitrogens with one attached hydrogen (secondary N) is 1. The van der Waals surface area contributed by atoms with Crippen molar-refractivity contribution in [2.75, 3.05) is 25.1 Å². The van der Waals surface area contributed by atoms with Crippen LogP contribution in [0, 0.1) is 0 Å². The van der Waals surface area contributed by atoms with E-state index in [1.165, 1.54) is 24.1 Å². The van der Waals surface area contributed by atoms with Gasteiger partial charge in [-0.3, -0.25) is 13.9 Å². The molecule has 10 heteroatoms. The highest BCUT2D eigenvalue weighted by atomic mass is 32.2. The molecule has 0 aliphatic carbocycles. The van der Waals surface area contributed by atoms with Gasteiger partial charge >= 0.3 is 0 Å². The molecule has 0 aliphatic rings. The van der Waals surface area contributed by atoms with Crippen LogP contribution in [0.25, 0.3) is 0 Å². The molecule has 41 heavy (non-hydrogen) atoms. The Labute approximate surface area is 243 Å². The number of anilines is 1. The topological polar surface area (TPSA) is 105 Å². The van der Waals surface area contributed by atoms with Crippen LogP contribution in [-0.4, -0.2) is 58.0 Å². The molecule has 0 fully saturated rings. The number of amides is 2. The van der Waals surface area contributed by atoms with E-state index < -0.39 is 28.5 Å². The Morgan fingerprint density at radius 2 is 1.49 bits per heavy atom. The second kappa shape index (κ2) is 14.5. The molecule has 0 radical (unpaired) electrons. The Balaban J connectivity index is 2.08. The van der Waals surface area contributed by atoms with Crippen molar-refractivity contribution in [3.8, 4) is 11.5 Å². The zero-order valence-electron chi connectivity index (χ0n) is 24.2. The Hall–Kier alpha value is -4.05. The number of rotatable bonds is 14. The molecule has 3 rings (SSSR count). The molecule has 2 amide bonds. The van der Waals surface area contributed by atoms with Crippen molar-refractivity contribution in [2.24, 2.45) is 0 Å². The fourth-order valence-electron chi connectivity index (χ4n) is 4.36. The molecule has 0 heterocycles. The Morgan fingerprint density at radius 1 is 0.854 bits per heavy atom. The van der Waals surface area contributed by atoms with E-state index in [1.807, 2.05) is 32.9 Å². The summed E-state index contributed by atoms with van der Waals surface area (Å²) in [7, 11) is -1.18. The van der Waals surface area contributed by atoms with E-state index in [-0.39, 0.29) is 29.1 Å². The summed E-state index contributed by atoms with van der Waals surface area (Å²) in [5.41, 5.74) is 0.984. The van der Waals surface area contributed by atoms with Crippen LogP contribution in [-0.2, 0) is 26.2 Å². The molecule has 0 bridgehead atoms. The number of ether oxygens (including phenoxy) is 2. The minimum Gasteiger partial charge on any atom is -0.497 e. The van der Waals surface area contributed by atoms with Crippen LogP contribution in [0.4, 0.5) is 5.69 Å². The molecule has 0 unspecified atom stereocenters. The van der Waals surface area contributed by atoms with Gasteiger partial charge in [0.15, 0.2) is 0 Å². The van der Waals surface area contributed by atoms with Crippen LogP contribution < -0.4 is 19.1 Å². The third kappa shape index (κ3) is 7.79. The number of hydrogen-bond acceptors (Lipinski definition) is 6. The summed E-state index contributed by atoms with van der Waals surface area (Å²) in [6.45, 7) is 5.25. The van der Waals surface area contributed by atoms with Crippen molar-refractivity contribution in [2.45, 2.75) is 57.1 Å². The summed E-state index contributed by atoms with van der Waals surface area (Å²) < 4.78 is 39.7. The van der Waals surface area contributed by atoms with E-state index in [0.717, 1.165) is 16.3 Å². The molecule has 9 nitrogen and oxygen atoms in total. The Bertz CT molecular complexity index is 1400. The first-order valence-electron chi connectivity index (χ1n) is 13.6. The minimum absolute atomic E-state index is 0.0296. The lowest BCUT2D eigenvalue weighted by Gasteiger charge is -2.34. The summed E-state index contributed by atoms with van der Waals surface area (Å²) in [5.74, 6) is 0.128. The maximum Gasteiger partial charge on any atom is 0.264 e. The van der Waals surface area contributed by atoms with Gasteiger partial charge in [0.05, 0.1) is 24.8 Å². The van der Waals surface area contributed by atoms with Crippen LogP contribution >= 0.6 is 0 Å². The summed E-state index contributed by atoms with van der Waals surface area (Å²) >= 11 is 0. The fraction of sp³-hybridized carbons (Fsp3) is 0.355. The van der Waals surface area contributed by atoms with Gasteiger partial charge in [0.25, 0.3) is 10.0 Å². The van der Waals surface area contributed by atoms with Crippen molar-refractivity contribution in [3.05, 3.63) is 84.4 Å². The van der Waals surface area contributed by atoms with Crippen LogP contribution in [0.15, 0.2) is 83.8 Å². The normalized spacial score (nSPS) is 12.6. The highest BCUT2D eigenvalue weighted by Crippen LogP contribution is 2.32. The number of nitrogens with zero attached hydrogens (tertiary/aromatic N) is 2. The highest BCUT2D eigenvalue weighted by molar-refractivity contribution is 7.92. The summed E-state index contributed by atoms with van der Waals surface area (Å²) in [4.78, 5) is 29.0. The first kappa shape index (κ1) is 31.5. The molecule has 0 saturated heterocycles. The maximum absolute atomic E-state index is 14.2. The van der Waals surface area contributed by atoms with Gasteiger partial charge in [-0.15, -0.1) is 0 Å². The van der Waals surface area contributed by atoms with Crippen molar-refractivity contribution >= 4 is 27.5 Å². The average Bonchev–Trinajstić information content (AvgIpc) is 3.00. The molecule has 0 aliphatic heterocycles. The first-order chi connectivity index (χ1) is 19.7. The van der Waals surface area contributed by atoms with E-state index >= 15 is 0 Å². The zero-order chi connectivity index (χ0) is 30.0. The molecular weight excluding hydrogens is 542 g/mol. The van der Waals surface area contributed by atoms with E-state index in [4.69, 9.17) is 9.47 Å². The smallest absolute Gasteiger partial charge is 0.264 e. The quantitative estimate of drug-likeness (QED) is 0.298. The van der Waals surface area contributed by atoms with Crippen molar-refractivity contribution in [1.29, 1.82) is 0 Å². The molecule has 0 aromatic heterocycles. The number of para-hydroxylation sites is 2. The van der Waals surface area contributed by atoms with Gasteiger partial charge in [0.2, 0.25) is 11.8 Å². The molecule has 3 aromatic carbocycles. The molecule has 0 spiro atoms. The number of benzene rings is 3. The van der Waals surface area contributed by atoms with E-state index in [0.29, 0.717) is 17.9 Å². The van der Waals surface area contributed by atoms with Gasteiger partial charge in [0.1, 0.15) is 24.1 Å². The number of carbonyl (C=O) groups is 2. The van der Waals surface area contributed by atoms with Crippen LogP contribution in [0.2, 0.25) is 0 Å². The molecule has 3 aromatic rings. The maximum atomic E-state index is 14.2. The molecule has 1 N–H and O–H groups in total. The lowest BCUT2D eigenvalue weighted by Crippen LogP contribution is -2.53. The van der Waals surface area contributed by atoms with Crippen molar-refractivity contribution < 1.29 is 27.5 Å². The van der Waals surface area contributed by atoms with Crippen LogP contribution in [0.3, 0.4) is 0 Å². The van der Waals surface area contributed by atoms with Crippen LogP contribution in [0.1, 0.15) is 39.2 Å². The molecule has 0 saturated carbocycles. The first-order valence-corrected chi connectivity index (χ1v) is 15.0. The van der Waals surface area contributed by atoms with Gasteiger partial charge in [-0.05, 0) is 61.7 Å². The van der Waals surface area contributed by atoms with E-state index in [2.05, 4.69) is 5.32 Å². The Kier molecular flexibility index (Phi) is 11.2. The minimum atomic E-state index is -4.18. The number of carbonyl (C=O) groups excluding carboxylic acids is 2. The number of methoxy groups -OCH3 is 2. The second-order valence-electron chi connectivity index (χ2n) is 9.61. The lowest BCUT2D eigenvalue weighted by molar-refractivity contribution is -0.140. The average molecular weight is 582 g/mol. The summed E-state index contributed by atoms with van der Waals surface area (Å²) in [6, 6.07) is 20.8. The predicted octanol–water partition coefficient (Wildman–Crippen LogP) is 4.62. The van der Waals surface area contributed by atoms with Crippen LogP contribution in [0.5, 0.6) is 11.5 Å². The van der Waals surface area contributed by atoms with Gasteiger partial charge in [0, 0.05) is 12.6 Å². The van der Waals surface area contributed by atoms with Crippen molar-refractivity contribution in [3.63, 3.8) is 0 Å². The van der Waals surface area contributed by atoms with Crippen molar-refractivity contribution in [1.82, 2.24) is 10.2 Å². The third-order valence-corrected chi connectivity index (χ3v) is 8.64. The third-order valence-electron chi connectivity index (χ3n) is 6.86. The largest absolute Gasteiger partial charge is 0.497 e. The standard InChI is InChI=1S/C31H39N3O6S/c1-6-23(3)32-31(36)27(7-2)33(21-24-17-19-25(39-4)20-18-24)30(35)22-34(28-15-11-12-16-29(28)40-5)41(37,38)26-13-9-8-10-14-26/h8-20,23,27H,6-7,21-22H2,1-5H3,(H,32,36)/t23-,27+/m1/s1. The number of sulfonamides is 1. The summed E-state index contributed by atoms with van der Waals surface area (Å²) in [5, 5.41) is 2.97. The monoisotopic (exact) mass is 581 g/mol. The molecule has 220 valence electrons. The highest BCUT2D eigenvalue weighted by Gasteiger charge is 2.34. The number of hydrogen-bond donors (Lipinski definition) is 1. The van der Waals surface area contributed by atoms with Gasteiger partial charge in [-0.1, -0.05) is 56.3 Å². The van der Waals surface area contributed by atoms with Gasteiger partial charge in [-0.25, -0.2) is 8.42 Å².